The van der Waals surface area contributed by atoms with E-state index in [0.717, 1.165) is 34.3 Å². The molecule has 1 aliphatic heterocycles. The fourth-order valence-corrected chi connectivity index (χ4v) is 3.71. The number of fused-ring (bicyclic) bond motifs is 2. The Labute approximate surface area is 178 Å². The second kappa shape index (κ2) is 7.96. The van der Waals surface area contributed by atoms with Crippen molar-refractivity contribution in [2.75, 3.05) is 13.3 Å². The molecule has 3 heterocycles. The Morgan fingerprint density at radius 3 is 2.48 bits per heavy atom. The molecule has 0 bridgehead atoms. The molecule has 0 spiro atoms. The van der Waals surface area contributed by atoms with Gasteiger partial charge in [0.05, 0.1) is 17.8 Å². The molecule has 4 aromatic rings. The van der Waals surface area contributed by atoms with Crippen molar-refractivity contribution in [3.63, 3.8) is 0 Å². The van der Waals surface area contributed by atoms with Crippen LogP contribution in [0.3, 0.4) is 0 Å². The smallest absolute Gasteiger partial charge is 0.231 e. The predicted molar refractivity (Wildman–Crippen MR) is 112 cm³/mol. The van der Waals surface area contributed by atoms with Crippen molar-refractivity contribution < 1.29 is 18.4 Å². The largest absolute Gasteiger partial charge is 0.454 e. The Morgan fingerprint density at radius 1 is 1.00 bits per heavy atom. The van der Waals surface area contributed by atoms with Crippen molar-refractivity contribution in [2.45, 2.75) is 26.9 Å². The topological polar surface area (TPSA) is 73.5 Å². The first-order valence-electron chi connectivity index (χ1n) is 10.1. The zero-order chi connectivity index (χ0) is 21.4. The van der Waals surface area contributed by atoms with Crippen LogP contribution in [-0.2, 0) is 13.1 Å². The first-order chi connectivity index (χ1) is 15.1. The van der Waals surface area contributed by atoms with Crippen molar-refractivity contribution in [1.82, 2.24) is 20.0 Å². The minimum Gasteiger partial charge on any atom is -0.454 e. The Balaban J connectivity index is 1.57. The van der Waals surface area contributed by atoms with Crippen LogP contribution >= 0.6 is 0 Å². The Hall–Kier alpha value is -3.52. The fourth-order valence-electron chi connectivity index (χ4n) is 3.71. The molecule has 1 aliphatic rings. The average Bonchev–Trinajstić information content (AvgIpc) is 3.39. The highest BCUT2D eigenvalue weighted by atomic mass is 19.1. The van der Waals surface area contributed by atoms with E-state index in [4.69, 9.17) is 19.0 Å². The number of nitrogens with zero attached hydrogens (tertiary/aromatic N) is 4. The summed E-state index contributed by atoms with van der Waals surface area (Å²) in [6, 6.07) is 12.3. The first-order valence-corrected chi connectivity index (χ1v) is 10.1. The minimum absolute atomic E-state index is 0.205. The van der Waals surface area contributed by atoms with Crippen LogP contribution in [0.15, 0.2) is 47.0 Å². The molecule has 0 saturated heterocycles. The number of ether oxygens (including phenoxy) is 2. The maximum atomic E-state index is 13.5. The Kier molecular flexibility index (Phi) is 4.99. The standard InChI is InChI=1S/C23H21FN4O3/c1-3-28(12-22-25-14(2)31-27-22)11-17-8-16-9-20-21(30-13-29-20)10-19(16)26-23(17)15-4-6-18(24)7-5-15/h4-10H,3,11-13H2,1-2H3. The predicted octanol–water partition coefficient (Wildman–Crippen LogP) is 4.48. The van der Waals surface area contributed by atoms with Crippen LogP contribution < -0.4 is 9.47 Å². The number of pyridine rings is 1. The maximum Gasteiger partial charge on any atom is 0.231 e. The summed E-state index contributed by atoms with van der Waals surface area (Å²) < 4.78 is 29.7. The van der Waals surface area contributed by atoms with Gasteiger partial charge in [-0.25, -0.2) is 9.37 Å². The summed E-state index contributed by atoms with van der Waals surface area (Å²) in [4.78, 5) is 11.4. The van der Waals surface area contributed by atoms with Gasteiger partial charge in [0.15, 0.2) is 17.3 Å². The summed E-state index contributed by atoms with van der Waals surface area (Å²) in [5, 5.41) is 4.96. The summed E-state index contributed by atoms with van der Waals surface area (Å²) in [5.41, 5.74) is 3.46. The van der Waals surface area contributed by atoms with E-state index in [9.17, 15) is 4.39 Å². The van der Waals surface area contributed by atoms with Crippen molar-refractivity contribution >= 4 is 10.9 Å². The van der Waals surface area contributed by atoms with Crippen LogP contribution in [0.2, 0.25) is 0 Å². The zero-order valence-electron chi connectivity index (χ0n) is 17.3. The maximum absolute atomic E-state index is 13.5. The lowest BCUT2D eigenvalue weighted by Gasteiger charge is -2.21. The van der Waals surface area contributed by atoms with Gasteiger partial charge in [0.25, 0.3) is 0 Å². The number of hydrogen-bond donors (Lipinski definition) is 0. The molecular formula is C23H21FN4O3. The summed E-state index contributed by atoms with van der Waals surface area (Å²) in [6.07, 6.45) is 0. The van der Waals surface area contributed by atoms with Gasteiger partial charge in [-0.05, 0) is 48.5 Å². The average molecular weight is 420 g/mol. The molecule has 0 aliphatic carbocycles. The SMILES string of the molecule is CCN(Cc1noc(C)n1)Cc1cc2cc3c(cc2nc1-c1ccc(F)cc1)OCO3. The van der Waals surface area contributed by atoms with Gasteiger partial charge in [-0.2, -0.15) is 4.98 Å². The van der Waals surface area contributed by atoms with Gasteiger partial charge < -0.3 is 14.0 Å². The van der Waals surface area contributed by atoms with E-state index in [1.165, 1.54) is 12.1 Å². The van der Waals surface area contributed by atoms with Crippen LogP contribution in [0.1, 0.15) is 24.2 Å². The summed E-state index contributed by atoms with van der Waals surface area (Å²) >= 11 is 0. The van der Waals surface area contributed by atoms with Crippen LogP contribution in [0, 0.1) is 12.7 Å². The molecule has 2 aromatic carbocycles. The van der Waals surface area contributed by atoms with E-state index in [1.54, 1.807) is 19.1 Å². The summed E-state index contributed by atoms with van der Waals surface area (Å²) in [5.74, 6) is 2.29. The number of benzene rings is 2. The molecule has 158 valence electrons. The van der Waals surface area contributed by atoms with Gasteiger partial charge in [0.2, 0.25) is 12.7 Å². The van der Waals surface area contributed by atoms with Gasteiger partial charge in [0, 0.05) is 30.5 Å². The van der Waals surface area contributed by atoms with Crippen molar-refractivity contribution in [1.29, 1.82) is 0 Å². The third-order valence-electron chi connectivity index (χ3n) is 5.28. The highest BCUT2D eigenvalue weighted by Crippen LogP contribution is 2.37. The number of aromatic nitrogens is 3. The third-order valence-corrected chi connectivity index (χ3v) is 5.28. The van der Waals surface area contributed by atoms with E-state index in [-0.39, 0.29) is 12.6 Å². The molecule has 5 rings (SSSR count). The van der Waals surface area contributed by atoms with E-state index in [2.05, 4.69) is 28.0 Å². The number of rotatable bonds is 6. The highest BCUT2D eigenvalue weighted by Gasteiger charge is 2.19. The van der Waals surface area contributed by atoms with E-state index in [1.807, 2.05) is 12.1 Å². The van der Waals surface area contributed by atoms with Gasteiger partial charge in [-0.3, -0.25) is 4.90 Å². The van der Waals surface area contributed by atoms with Gasteiger partial charge >= 0.3 is 0 Å². The molecule has 2 aromatic heterocycles. The molecule has 0 N–H and O–H groups in total. The van der Waals surface area contributed by atoms with Crippen LogP contribution in [0.4, 0.5) is 4.39 Å². The second-order valence-corrected chi connectivity index (χ2v) is 7.43. The molecule has 0 fully saturated rings. The third kappa shape index (κ3) is 3.94. The lowest BCUT2D eigenvalue weighted by molar-refractivity contribution is 0.174. The minimum atomic E-state index is -0.280. The van der Waals surface area contributed by atoms with Gasteiger partial charge in [0.1, 0.15) is 5.82 Å². The van der Waals surface area contributed by atoms with Crippen LogP contribution in [0.5, 0.6) is 11.5 Å². The molecule has 0 amide bonds. The molecule has 0 saturated carbocycles. The molecule has 31 heavy (non-hydrogen) atoms. The van der Waals surface area contributed by atoms with Crippen molar-refractivity contribution in [2.24, 2.45) is 0 Å². The monoisotopic (exact) mass is 420 g/mol. The van der Waals surface area contributed by atoms with Crippen LogP contribution in [0.25, 0.3) is 22.2 Å². The summed E-state index contributed by atoms with van der Waals surface area (Å²) in [7, 11) is 0. The molecular weight excluding hydrogens is 399 g/mol. The van der Waals surface area contributed by atoms with Gasteiger partial charge in [-0.1, -0.05) is 12.1 Å². The molecule has 0 radical (unpaired) electrons. The van der Waals surface area contributed by atoms with Crippen molar-refractivity contribution in [3.8, 4) is 22.8 Å². The lowest BCUT2D eigenvalue weighted by atomic mass is 10.0. The zero-order valence-corrected chi connectivity index (χ0v) is 17.3. The van der Waals surface area contributed by atoms with Gasteiger partial charge in [-0.15, -0.1) is 0 Å². The number of hydrogen-bond acceptors (Lipinski definition) is 7. The van der Waals surface area contributed by atoms with E-state index < -0.39 is 0 Å². The number of halogens is 1. The summed E-state index contributed by atoms with van der Waals surface area (Å²) in [6.45, 7) is 6.02. The van der Waals surface area contributed by atoms with E-state index in [0.29, 0.717) is 36.3 Å². The molecule has 8 heteroatoms. The Bertz CT molecular complexity index is 1240. The van der Waals surface area contributed by atoms with E-state index >= 15 is 0 Å². The molecule has 0 unspecified atom stereocenters. The second-order valence-electron chi connectivity index (χ2n) is 7.43. The number of aryl methyl sites for hydroxylation is 1. The fraction of sp³-hybridized carbons (Fsp3) is 0.261. The lowest BCUT2D eigenvalue weighted by Crippen LogP contribution is -2.23. The normalized spacial score (nSPS) is 12.8. The quantitative estimate of drug-likeness (QED) is 0.455. The molecule has 0 atom stereocenters. The highest BCUT2D eigenvalue weighted by molar-refractivity contribution is 5.86. The van der Waals surface area contributed by atoms with Crippen molar-refractivity contribution in [3.05, 3.63) is 65.6 Å². The molecule has 7 nitrogen and oxygen atoms in total. The first kappa shape index (κ1) is 19.4. The van der Waals surface area contributed by atoms with Crippen LogP contribution in [-0.4, -0.2) is 33.4 Å². The Morgan fingerprint density at radius 2 is 1.77 bits per heavy atom.